The molecule has 0 radical (unpaired) electrons. The predicted molar refractivity (Wildman–Crippen MR) is 96.1 cm³/mol. The number of carbonyl (C=O) groups excluding carboxylic acids is 2. The van der Waals surface area contributed by atoms with E-state index >= 15 is 0 Å². The fourth-order valence-electron chi connectivity index (χ4n) is 3.31. The minimum Gasteiger partial charge on any atom is -0.486 e. The third-order valence-corrected chi connectivity index (χ3v) is 4.69. The first-order valence-electron chi connectivity index (χ1n) is 8.82. The lowest BCUT2D eigenvalue weighted by Gasteiger charge is -2.22. The Morgan fingerprint density at radius 3 is 2.78 bits per heavy atom. The van der Waals surface area contributed by atoms with Crippen molar-refractivity contribution in [3.8, 4) is 11.5 Å². The minimum absolute atomic E-state index is 0.113. The van der Waals surface area contributed by atoms with Gasteiger partial charge in [-0.1, -0.05) is 12.1 Å². The van der Waals surface area contributed by atoms with Crippen LogP contribution in [0.25, 0.3) is 0 Å². The minimum atomic E-state index is -0.445. The summed E-state index contributed by atoms with van der Waals surface area (Å²) in [7, 11) is 0. The third-order valence-electron chi connectivity index (χ3n) is 4.69. The summed E-state index contributed by atoms with van der Waals surface area (Å²) in [5.41, 5.74) is 1.36. The Balaban J connectivity index is 1.40. The average molecular weight is 370 g/mol. The molecule has 140 valence electrons. The number of halogens is 1. The Kier molecular flexibility index (Phi) is 4.66. The number of hydrogen-bond acceptors (Lipinski definition) is 4. The molecule has 0 saturated carbocycles. The molecule has 0 bridgehead atoms. The molecule has 2 heterocycles. The number of carbonyl (C=O) groups is 2. The maximum atomic E-state index is 13.2. The fraction of sp³-hybridized carbons (Fsp3) is 0.300. The van der Waals surface area contributed by atoms with Gasteiger partial charge >= 0.3 is 0 Å². The van der Waals surface area contributed by atoms with Crippen LogP contribution in [0.3, 0.4) is 0 Å². The lowest BCUT2D eigenvalue weighted by molar-refractivity contribution is -0.126. The first kappa shape index (κ1) is 17.3. The van der Waals surface area contributed by atoms with Crippen molar-refractivity contribution in [3.63, 3.8) is 0 Å². The van der Waals surface area contributed by atoms with Crippen molar-refractivity contribution in [2.75, 3.05) is 24.7 Å². The van der Waals surface area contributed by atoms with E-state index in [0.29, 0.717) is 42.5 Å². The second kappa shape index (κ2) is 7.26. The summed E-state index contributed by atoms with van der Waals surface area (Å²) < 4.78 is 24.3. The van der Waals surface area contributed by atoms with Gasteiger partial charge in [0, 0.05) is 31.3 Å². The second-order valence-corrected chi connectivity index (χ2v) is 6.58. The standard InChI is InChI=1S/C20H19FN2O4/c21-15-3-1-2-13(8-15)11-22-20(25)14-9-19(24)23(12-14)16-4-5-17-18(10-16)27-7-6-26-17/h1-5,8,10,14H,6-7,9,11-12H2,(H,22,25). The lowest BCUT2D eigenvalue weighted by atomic mass is 10.1. The van der Waals surface area contributed by atoms with Gasteiger partial charge in [0.05, 0.1) is 5.92 Å². The van der Waals surface area contributed by atoms with Crippen molar-refractivity contribution in [2.24, 2.45) is 5.92 Å². The fourth-order valence-corrected chi connectivity index (χ4v) is 3.31. The maximum Gasteiger partial charge on any atom is 0.227 e. The van der Waals surface area contributed by atoms with Crippen molar-refractivity contribution >= 4 is 17.5 Å². The van der Waals surface area contributed by atoms with Gasteiger partial charge in [-0.2, -0.15) is 0 Å². The number of nitrogens with one attached hydrogen (secondary N) is 1. The van der Waals surface area contributed by atoms with Crippen LogP contribution in [-0.2, 0) is 16.1 Å². The van der Waals surface area contributed by atoms with Crippen molar-refractivity contribution in [1.29, 1.82) is 0 Å². The number of fused-ring (bicyclic) bond motifs is 1. The quantitative estimate of drug-likeness (QED) is 0.897. The molecule has 0 aliphatic carbocycles. The SMILES string of the molecule is O=C(NCc1cccc(F)c1)C1CC(=O)N(c2ccc3c(c2)OCCO3)C1. The summed E-state index contributed by atoms with van der Waals surface area (Å²) >= 11 is 0. The molecule has 0 aromatic heterocycles. The van der Waals surface area contributed by atoms with Crippen LogP contribution in [0.15, 0.2) is 42.5 Å². The summed E-state index contributed by atoms with van der Waals surface area (Å²) in [6.07, 6.45) is 0.142. The molecule has 2 amide bonds. The van der Waals surface area contributed by atoms with Gasteiger partial charge < -0.3 is 19.7 Å². The lowest BCUT2D eigenvalue weighted by Crippen LogP contribution is -2.32. The molecular formula is C20H19FN2O4. The number of ether oxygens (including phenoxy) is 2. The molecule has 2 aromatic rings. The Labute approximate surface area is 155 Å². The highest BCUT2D eigenvalue weighted by Gasteiger charge is 2.35. The van der Waals surface area contributed by atoms with Crippen molar-refractivity contribution < 1.29 is 23.5 Å². The molecule has 0 spiro atoms. The Morgan fingerprint density at radius 1 is 1.15 bits per heavy atom. The van der Waals surface area contributed by atoms with Gasteiger partial charge in [0.25, 0.3) is 0 Å². The maximum absolute atomic E-state index is 13.2. The summed E-state index contributed by atoms with van der Waals surface area (Å²) in [6, 6.07) is 11.4. The summed E-state index contributed by atoms with van der Waals surface area (Å²) in [4.78, 5) is 26.4. The van der Waals surface area contributed by atoms with Crippen molar-refractivity contribution in [3.05, 3.63) is 53.8 Å². The highest BCUT2D eigenvalue weighted by molar-refractivity contribution is 6.00. The number of nitrogens with zero attached hydrogens (tertiary/aromatic N) is 1. The molecule has 1 saturated heterocycles. The molecule has 2 aliphatic heterocycles. The largest absolute Gasteiger partial charge is 0.486 e. The number of benzene rings is 2. The number of anilines is 1. The highest BCUT2D eigenvalue weighted by atomic mass is 19.1. The van der Waals surface area contributed by atoms with E-state index in [-0.39, 0.29) is 30.6 Å². The van der Waals surface area contributed by atoms with Crippen LogP contribution >= 0.6 is 0 Å². The van der Waals surface area contributed by atoms with E-state index in [4.69, 9.17) is 9.47 Å². The van der Waals surface area contributed by atoms with E-state index in [2.05, 4.69) is 5.32 Å². The van der Waals surface area contributed by atoms with Crippen LogP contribution in [0, 0.1) is 11.7 Å². The molecule has 27 heavy (non-hydrogen) atoms. The molecule has 4 rings (SSSR count). The van der Waals surface area contributed by atoms with Crippen LogP contribution in [-0.4, -0.2) is 31.6 Å². The van der Waals surface area contributed by atoms with Crippen LogP contribution in [0.1, 0.15) is 12.0 Å². The molecule has 6 nitrogen and oxygen atoms in total. The smallest absolute Gasteiger partial charge is 0.227 e. The average Bonchev–Trinajstić information content (AvgIpc) is 3.07. The van der Waals surface area contributed by atoms with E-state index in [9.17, 15) is 14.0 Å². The van der Waals surface area contributed by atoms with Crippen LogP contribution in [0.2, 0.25) is 0 Å². The Hall–Kier alpha value is -3.09. The van der Waals surface area contributed by atoms with Gasteiger partial charge in [-0.15, -0.1) is 0 Å². The zero-order valence-corrected chi connectivity index (χ0v) is 14.6. The number of amides is 2. The summed E-state index contributed by atoms with van der Waals surface area (Å²) in [5.74, 6) is 0.138. The topological polar surface area (TPSA) is 67.9 Å². The van der Waals surface area contributed by atoms with Gasteiger partial charge in [0.2, 0.25) is 11.8 Å². The van der Waals surface area contributed by atoms with E-state index in [1.54, 1.807) is 35.2 Å². The number of hydrogen-bond donors (Lipinski definition) is 1. The zero-order chi connectivity index (χ0) is 18.8. The van der Waals surface area contributed by atoms with Crippen molar-refractivity contribution in [2.45, 2.75) is 13.0 Å². The second-order valence-electron chi connectivity index (χ2n) is 6.58. The highest BCUT2D eigenvalue weighted by Crippen LogP contribution is 2.35. The van der Waals surface area contributed by atoms with Crippen LogP contribution < -0.4 is 19.7 Å². The van der Waals surface area contributed by atoms with E-state index in [0.717, 1.165) is 0 Å². The van der Waals surface area contributed by atoms with Gasteiger partial charge in [0.15, 0.2) is 11.5 Å². The molecule has 2 aliphatic rings. The first-order valence-corrected chi connectivity index (χ1v) is 8.82. The molecular weight excluding hydrogens is 351 g/mol. The molecule has 1 unspecified atom stereocenters. The monoisotopic (exact) mass is 370 g/mol. The van der Waals surface area contributed by atoms with Gasteiger partial charge in [0.1, 0.15) is 19.0 Å². The van der Waals surface area contributed by atoms with Gasteiger partial charge in [-0.05, 0) is 29.8 Å². The predicted octanol–water partition coefficient (Wildman–Crippen LogP) is 2.27. The van der Waals surface area contributed by atoms with E-state index in [1.807, 2.05) is 0 Å². The third kappa shape index (κ3) is 3.72. The summed E-state index contributed by atoms with van der Waals surface area (Å²) in [6.45, 7) is 1.50. The molecule has 7 heteroatoms. The van der Waals surface area contributed by atoms with Gasteiger partial charge in [-0.25, -0.2) is 4.39 Å². The normalized spacial score (nSPS) is 18.5. The van der Waals surface area contributed by atoms with E-state index in [1.165, 1.54) is 12.1 Å². The van der Waals surface area contributed by atoms with Crippen molar-refractivity contribution in [1.82, 2.24) is 5.32 Å². The molecule has 2 aromatic carbocycles. The van der Waals surface area contributed by atoms with Crippen LogP contribution in [0.4, 0.5) is 10.1 Å². The van der Waals surface area contributed by atoms with Crippen LogP contribution in [0.5, 0.6) is 11.5 Å². The number of rotatable bonds is 4. The molecule has 1 N–H and O–H groups in total. The van der Waals surface area contributed by atoms with Gasteiger partial charge in [-0.3, -0.25) is 9.59 Å². The Morgan fingerprint density at radius 2 is 1.96 bits per heavy atom. The Bertz CT molecular complexity index is 886. The zero-order valence-electron chi connectivity index (χ0n) is 14.6. The molecule has 1 atom stereocenters. The summed E-state index contributed by atoms with van der Waals surface area (Å²) in [5, 5.41) is 2.78. The van der Waals surface area contributed by atoms with E-state index < -0.39 is 5.92 Å². The first-order chi connectivity index (χ1) is 13.1. The molecule has 1 fully saturated rings.